The van der Waals surface area contributed by atoms with Gasteiger partial charge >= 0.3 is 5.97 Å². The fourth-order valence-corrected chi connectivity index (χ4v) is 1.10. The minimum Gasteiger partial charge on any atom is -0.497 e. The SMILES string of the molecule is CC#CC.COc1ccc(CC(N)C(=O)O)cc1. The molecule has 0 saturated heterocycles. The van der Waals surface area contributed by atoms with Gasteiger partial charge in [-0.1, -0.05) is 12.1 Å². The van der Waals surface area contributed by atoms with E-state index in [1.165, 1.54) is 0 Å². The molecule has 0 aliphatic rings. The lowest BCUT2D eigenvalue weighted by molar-refractivity contribution is -0.138. The zero-order valence-corrected chi connectivity index (χ0v) is 10.9. The predicted molar refractivity (Wildman–Crippen MR) is 71.4 cm³/mol. The molecule has 3 N–H and O–H groups in total. The van der Waals surface area contributed by atoms with Crippen LogP contribution >= 0.6 is 0 Å². The maximum Gasteiger partial charge on any atom is 0.320 e. The highest BCUT2D eigenvalue weighted by atomic mass is 16.5. The van der Waals surface area contributed by atoms with E-state index in [1.807, 2.05) is 26.0 Å². The Kier molecular flexibility index (Phi) is 8.08. The first-order valence-corrected chi connectivity index (χ1v) is 5.50. The van der Waals surface area contributed by atoms with Crippen molar-refractivity contribution in [3.05, 3.63) is 29.8 Å². The van der Waals surface area contributed by atoms with E-state index in [1.54, 1.807) is 19.2 Å². The van der Waals surface area contributed by atoms with E-state index in [9.17, 15) is 4.79 Å². The first kappa shape index (κ1) is 16.0. The zero-order valence-electron chi connectivity index (χ0n) is 10.9. The lowest BCUT2D eigenvalue weighted by Crippen LogP contribution is -2.32. The first-order chi connectivity index (χ1) is 8.54. The van der Waals surface area contributed by atoms with Crippen LogP contribution < -0.4 is 10.5 Å². The average molecular weight is 249 g/mol. The van der Waals surface area contributed by atoms with Gasteiger partial charge in [-0.25, -0.2) is 0 Å². The third kappa shape index (κ3) is 6.56. The van der Waals surface area contributed by atoms with Crippen LogP contribution in [0.1, 0.15) is 19.4 Å². The van der Waals surface area contributed by atoms with Crippen LogP contribution in [0.5, 0.6) is 5.75 Å². The highest BCUT2D eigenvalue weighted by Crippen LogP contribution is 2.12. The van der Waals surface area contributed by atoms with E-state index >= 15 is 0 Å². The van der Waals surface area contributed by atoms with Gasteiger partial charge in [-0.15, -0.1) is 11.8 Å². The van der Waals surface area contributed by atoms with Gasteiger partial charge in [0.05, 0.1) is 7.11 Å². The summed E-state index contributed by atoms with van der Waals surface area (Å²) in [5, 5.41) is 8.59. The number of carboxylic acid groups (broad SMARTS) is 1. The maximum atomic E-state index is 10.5. The molecule has 0 saturated carbocycles. The van der Waals surface area contributed by atoms with Crippen LogP contribution in [0.2, 0.25) is 0 Å². The van der Waals surface area contributed by atoms with E-state index in [2.05, 4.69) is 11.8 Å². The summed E-state index contributed by atoms with van der Waals surface area (Å²) < 4.78 is 4.97. The molecule has 0 bridgehead atoms. The van der Waals surface area contributed by atoms with Crippen LogP contribution in [0.4, 0.5) is 0 Å². The van der Waals surface area contributed by atoms with Gasteiger partial charge < -0.3 is 15.6 Å². The number of hydrogen-bond acceptors (Lipinski definition) is 3. The Morgan fingerprint density at radius 2 is 1.83 bits per heavy atom. The van der Waals surface area contributed by atoms with Crippen LogP contribution in [0.15, 0.2) is 24.3 Å². The van der Waals surface area contributed by atoms with Crippen LogP contribution in [0.3, 0.4) is 0 Å². The highest BCUT2D eigenvalue weighted by molar-refractivity contribution is 5.73. The Morgan fingerprint density at radius 1 is 1.33 bits per heavy atom. The predicted octanol–water partition coefficient (Wildman–Crippen LogP) is 1.68. The largest absolute Gasteiger partial charge is 0.497 e. The number of methoxy groups -OCH3 is 1. The second-order valence-corrected chi connectivity index (χ2v) is 3.50. The van der Waals surface area contributed by atoms with Crippen molar-refractivity contribution in [2.75, 3.05) is 7.11 Å². The van der Waals surface area contributed by atoms with Crippen molar-refractivity contribution in [1.82, 2.24) is 0 Å². The monoisotopic (exact) mass is 249 g/mol. The Morgan fingerprint density at radius 3 is 2.17 bits per heavy atom. The fraction of sp³-hybridized carbons (Fsp3) is 0.357. The number of aliphatic carboxylic acids is 1. The highest BCUT2D eigenvalue weighted by Gasteiger charge is 2.11. The smallest absolute Gasteiger partial charge is 0.320 e. The van der Waals surface area contributed by atoms with Gasteiger partial charge in [0.25, 0.3) is 0 Å². The molecule has 1 unspecified atom stereocenters. The van der Waals surface area contributed by atoms with Gasteiger partial charge in [0.1, 0.15) is 11.8 Å². The van der Waals surface area contributed by atoms with E-state index < -0.39 is 12.0 Å². The molecule has 0 aromatic heterocycles. The molecule has 1 atom stereocenters. The van der Waals surface area contributed by atoms with Gasteiger partial charge in [0.15, 0.2) is 0 Å². The zero-order chi connectivity index (χ0) is 14.0. The van der Waals surface area contributed by atoms with Crippen molar-refractivity contribution >= 4 is 5.97 Å². The van der Waals surface area contributed by atoms with Crippen LogP contribution in [0, 0.1) is 11.8 Å². The molecule has 0 radical (unpaired) electrons. The number of rotatable bonds is 4. The van der Waals surface area contributed by atoms with Crippen LogP contribution in [-0.2, 0) is 11.2 Å². The second kappa shape index (κ2) is 9.08. The molecule has 1 aromatic carbocycles. The van der Waals surface area contributed by atoms with E-state index in [4.69, 9.17) is 15.6 Å². The molecular weight excluding hydrogens is 230 g/mol. The van der Waals surface area contributed by atoms with Crippen molar-refractivity contribution in [2.24, 2.45) is 5.73 Å². The molecule has 0 aliphatic carbocycles. The van der Waals surface area contributed by atoms with Crippen molar-refractivity contribution < 1.29 is 14.6 Å². The van der Waals surface area contributed by atoms with E-state index in [-0.39, 0.29) is 0 Å². The fourth-order valence-electron chi connectivity index (χ4n) is 1.10. The standard InChI is InChI=1S/C10H13NO3.C4H6/c1-14-8-4-2-7(3-5-8)6-9(11)10(12)13;1-3-4-2/h2-5,9H,6,11H2,1H3,(H,12,13);1-2H3. The van der Waals surface area contributed by atoms with Gasteiger partial charge in [0.2, 0.25) is 0 Å². The summed E-state index contributed by atoms with van der Waals surface area (Å²) in [6, 6.07) is 6.33. The van der Waals surface area contributed by atoms with Gasteiger partial charge in [-0.3, -0.25) is 4.79 Å². The quantitative estimate of drug-likeness (QED) is 0.796. The summed E-state index contributed by atoms with van der Waals surface area (Å²) >= 11 is 0. The summed E-state index contributed by atoms with van der Waals surface area (Å²) in [7, 11) is 1.58. The molecule has 1 aromatic rings. The maximum absolute atomic E-state index is 10.5. The minimum absolute atomic E-state index is 0.333. The van der Waals surface area contributed by atoms with Gasteiger partial charge in [-0.05, 0) is 38.0 Å². The third-order valence-corrected chi connectivity index (χ3v) is 2.18. The summed E-state index contributed by atoms with van der Waals surface area (Å²) in [5.74, 6) is 5.12. The molecule has 0 aliphatic heterocycles. The van der Waals surface area contributed by atoms with Gasteiger partial charge in [0, 0.05) is 0 Å². The third-order valence-electron chi connectivity index (χ3n) is 2.18. The van der Waals surface area contributed by atoms with Crippen LogP contribution in [0.25, 0.3) is 0 Å². The van der Waals surface area contributed by atoms with Crippen molar-refractivity contribution in [3.8, 4) is 17.6 Å². The number of benzene rings is 1. The first-order valence-electron chi connectivity index (χ1n) is 5.50. The van der Waals surface area contributed by atoms with Crippen molar-refractivity contribution in [2.45, 2.75) is 26.3 Å². The lowest BCUT2D eigenvalue weighted by atomic mass is 10.1. The van der Waals surface area contributed by atoms with Crippen molar-refractivity contribution in [1.29, 1.82) is 0 Å². The number of hydrogen-bond donors (Lipinski definition) is 2. The van der Waals surface area contributed by atoms with Crippen LogP contribution in [-0.4, -0.2) is 24.2 Å². The molecule has 4 heteroatoms. The number of nitrogens with two attached hydrogens (primary N) is 1. The summed E-state index contributed by atoms with van der Waals surface area (Å²) in [5.41, 5.74) is 6.28. The Balaban J connectivity index is 0.000000631. The summed E-state index contributed by atoms with van der Waals surface area (Å²) in [4.78, 5) is 10.5. The molecule has 0 heterocycles. The Bertz CT molecular complexity index is 409. The topological polar surface area (TPSA) is 72.5 Å². The molecule has 1 rings (SSSR count). The molecular formula is C14H19NO3. The summed E-state index contributed by atoms with van der Waals surface area (Å²) in [6.07, 6.45) is 0.333. The second-order valence-electron chi connectivity index (χ2n) is 3.50. The normalized spacial score (nSPS) is 10.2. The Labute approximate surface area is 108 Å². The average Bonchev–Trinajstić information content (AvgIpc) is 2.39. The molecule has 4 nitrogen and oxygen atoms in total. The van der Waals surface area contributed by atoms with E-state index in [0.29, 0.717) is 6.42 Å². The molecule has 0 fully saturated rings. The van der Waals surface area contributed by atoms with E-state index in [0.717, 1.165) is 11.3 Å². The number of carbonyl (C=O) groups is 1. The Hall–Kier alpha value is -1.99. The van der Waals surface area contributed by atoms with Gasteiger partial charge in [-0.2, -0.15) is 0 Å². The number of ether oxygens (including phenoxy) is 1. The lowest BCUT2D eigenvalue weighted by Gasteiger charge is -2.06. The molecule has 18 heavy (non-hydrogen) atoms. The summed E-state index contributed by atoms with van der Waals surface area (Å²) in [6.45, 7) is 3.64. The molecule has 0 spiro atoms. The van der Waals surface area contributed by atoms with Crippen molar-refractivity contribution in [3.63, 3.8) is 0 Å². The molecule has 0 amide bonds. The number of carboxylic acids is 1. The minimum atomic E-state index is -0.985. The molecule has 98 valence electrons.